The highest BCUT2D eigenvalue weighted by atomic mass is 16.1. The van der Waals surface area contributed by atoms with Crippen LogP contribution in [0.4, 0.5) is 0 Å². The molecule has 0 radical (unpaired) electrons. The Morgan fingerprint density at radius 1 is 1.41 bits per heavy atom. The number of Topliss-reactive ketones (excluding diaryl/α,β-unsaturated/α-hetero) is 1. The zero-order valence-corrected chi connectivity index (χ0v) is 11.6. The summed E-state index contributed by atoms with van der Waals surface area (Å²) in [6.07, 6.45) is 4.91. The molecule has 1 atom stereocenters. The fourth-order valence-electron chi connectivity index (χ4n) is 2.00. The van der Waals surface area contributed by atoms with Crippen LogP contribution in [0.3, 0.4) is 0 Å². The number of hydrogen-bond donors (Lipinski definition) is 0. The van der Waals surface area contributed by atoms with Crippen LogP contribution in [-0.4, -0.2) is 34.9 Å². The number of hydrogen-bond acceptors (Lipinski definition) is 2. The first-order valence-corrected chi connectivity index (χ1v) is 6.25. The zero-order valence-electron chi connectivity index (χ0n) is 11.6. The van der Waals surface area contributed by atoms with Gasteiger partial charge in [-0.1, -0.05) is 13.8 Å². The lowest BCUT2D eigenvalue weighted by Gasteiger charge is -2.25. The van der Waals surface area contributed by atoms with Crippen molar-refractivity contribution < 1.29 is 4.79 Å². The van der Waals surface area contributed by atoms with E-state index in [2.05, 4.69) is 25.7 Å². The van der Waals surface area contributed by atoms with Crippen molar-refractivity contribution in [3.05, 3.63) is 24.0 Å². The number of likely N-dealkylation sites (N-methyl/N-ethyl adjacent to an activating group) is 1. The van der Waals surface area contributed by atoms with Gasteiger partial charge in [-0.2, -0.15) is 0 Å². The number of rotatable bonds is 6. The zero-order chi connectivity index (χ0) is 13.0. The first-order valence-electron chi connectivity index (χ1n) is 6.25. The topological polar surface area (TPSA) is 25.2 Å². The largest absolute Gasteiger partial charge is 0.357 e. The number of nitrogens with zero attached hydrogens (tertiary/aromatic N) is 2. The summed E-state index contributed by atoms with van der Waals surface area (Å²) in [4.78, 5) is 14.1. The Hall–Kier alpha value is -1.09. The molecule has 1 rings (SSSR count). The highest BCUT2D eigenvalue weighted by Gasteiger charge is 2.15. The third-order valence-corrected chi connectivity index (χ3v) is 3.11. The molecule has 1 heterocycles. The van der Waals surface area contributed by atoms with E-state index in [0.717, 1.165) is 12.0 Å². The number of carbonyl (C=O) groups excluding carboxylic acids is 1. The average Bonchev–Trinajstić information content (AvgIpc) is 2.63. The highest BCUT2D eigenvalue weighted by molar-refractivity contribution is 5.97. The van der Waals surface area contributed by atoms with Crippen molar-refractivity contribution in [2.75, 3.05) is 13.6 Å². The van der Waals surface area contributed by atoms with Gasteiger partial charge in [0.1, 0.15) is 0 Å². The molecule has 96 valence electrons. The van der Waals surface area contributed by atoms with Gasteiger partial charge >= 0.3 is 0 Å². The summed E-state index contributed by atoms with van der Waals surface area (Å²) < 4.78 is 1.91. The molecule has 0 aromatic carbocycles. The molecular weight excluding hydrogens is 212 g/mol. The van der Waals surface area contributed by atoms with Crippen molar-refractivity contribution in [1.29, 1.82) is 0 Å². The van der Waals surface area contributed by atoms with Crippen LogP contribution < -0.4 is 0 Å². The van der Waals surface area contributed by atoms with E-state index in [0.29, 0.717) is 18.5 Å². The molecule has 0 saturated heterocycles. The van der Waals surface area contributed by atoms with Gasteiger partial charge < -0.3 is 4.57 Å². The van der Waals surface area contributed by atoms with E-state index in [1.165, 1.54) is 0 Å². The minimum absolute atomic E-state index is 0.198. The van der Waals surface area contributed by atoms with Crippen LogP contribution in [0, 0.1) is 5.92 Å². The molecule has 1 unspecified atom stereocenters. The van der Waals surface area contributed by atoms with Crippen LogP contribution in [0.15, 0.2) is 18.5 Å². The first-order chi connectivity index (χ1) is 7.90. The van der Waals surface area contributed by atoms with Crippen LogP contribution in [-0.2, 0) is 7.05 Å². The third kappa shape index (κ3) is 4.35. The molecule has 0 aliphatic heterocycles. The molecule has 3 nitrogen and oxygen atoms in total. The summed E-state index contributed by atoms with van der Waals surface area (Å²) >= 11 is 0. The molecule has 1 aromatic rings. The monoisotopic (exact) mass is 236 g/mol. The van der Waals surface area contributed by atoms with Crippen LogP contribution in [0.2, 0.25) is 0 Å². The Bertz CT molecular complexity index is 368. The van der Waals surface area contributed by atoms with Crippen LogP contribution in [0.25, 0.3) is 0 Å². The van der Waals surface area contributed by atoms with E-state index >= 15 is 0 Å². The van der Waals surface area contributed by atoms with Crippen molar-refractivity contribution >= 4 is 5.78 Å². The maximum atomic E-state index is 12.0. The van der Waals surface area contributed by atoms with Crippen molar-refractivity contribution in [3.8, 4) is 0 Å². The Balaban J connectivity index is 2.51. The molecule has 17 heavy (non-hydrogen) atoms. The van der Waals surface area contributed by atoms with Gasteiger partial charge in [0.15, 0.2) is 5.78 Å². The number of ketones is 1. The van der Waals surface area contributed by atoms with Crippen molar-refractivity contribution in [3.63, 3.8) is 0 Å². The summed E-state index contributed by atoms with van der Waals surface area (Å²) in [7, 11) is 3.95. The van der Waals surface area contributed by atoms with E-state index < -0.39 is 0 Å². The SMILES string of the molecule is CC(C)CC(C)N(C)CC(=O)c1ccn(C)c1. The summed E-state index contributed by atoms with van der Waals surface area (Å²) in [5.41, 5.74) is 0.802. The van der Waals surface area contributed by atoms with E-state index in [4.69, 9.17) is 0 Å². The van der Waals surface area contributed by atoms with Gasteiger partial charge in [-0.05, 0) is 32.4 Å². The molecule has 0 N–H and O–H groups in total. The van der Waals surface area contributed by atoms with Crippen molar-refractivity contribution in [2.24, 2.45) is 13.0 Å². The molecule has 0 fully saturated rings. The molecule has 3 heteroatoms. The van der Waals surface area contributed by atoms with E-state index in [9.17, 15) is 4.79 Å². The van der Waals surface area contributed by atoms with E-state index in [-0.39, 0.29) is 5.78 Å². The summed E-state index contributed by atoms with van der Waals surface area (Å²) in [6, 6.07) is 2.33. The van der Waals surface area contributed by atoms with Crippen LogP contribution in [0.5, 0.6) is 0 Å². The number of aromatic nitrogens is 1. The second-order valence-corrected chi connectivity index (χ2v) is 5.38. The lowest BCUT2D eigenvalue weighted by atomic mass is 10.0. The molecular formula is C14H24N2O. The fourth-order valence-corrected chi connectivity index (χ4v) is 2.00. The molecule has 0 saturated carbocycles. The van der Waals surface area contributed by atoms with E-state index in [1.807, 2.05) is 37.1 Å². The predicted octanol–water partition coefficient (Wildman–Crippen LogP) is 2.57. The second-order valence-electron chi connectivity index (χ2n) is 5.38. The average molecular weight is 236 g/mol. The Morgan fingerprint density at radius 2 is 2.06 bits per heavy atom. The van der Waals surface area contributed by atoms with Gasteiger partial charge in [0.05, 0.1) is 6.54 Å². The highest BCUT2D eigenvalue weighted by Crippen LogP contribution is 2.10. The minimum atomic E-state index is 0.198. The van der Waals surface area contributed by atoms with Gasteiger partial charge in [0.2, 0.25) is 0 Å². The maximum absolute atomic E-state index is 12.0. The fraction of sp³-hybridized carbons (Fsp3) is 0.643. The Labute approximate surface area is 104 Å². The molecule has 0 spiro atoms. The lowest BCUT2D eigenvalue weighted by molar-refractivity contribution is 0.0916. The Kier molecular flexibility index (Phi) is 4.94. The second kappa shape index (κ2) is 6.01. The molecule has 1 aromatic heterocycles. The predicted molar refractivity (Wildman–Crippen MR) is 71.3 cm³/mol. The smallest absolute Gasteiger partial charge is 0.178 e. The summed E-state index contributed by atoms with van der Waals surface area (Å²) in [5.74, 6) is 0.864. The maximum Gasteiger partial charge on any atom is 0.178 e. The quantitative estimate of drug-likeness (QED) is 0.709. The molecule has 0 bridgehead atoms. The molecule has 0 aliphatic carbocycles. The number of aryl methyl sites for hydroxylation is 1. The summed E-state index contributed by atoms with van der Waals surface area (Å²) in [6.45, 7) is 7.10. The van der Waals surface area contributed by atoms with Gasteiger partial charge in [-0.15, -0.1) is 0 Å². The van der Waals surface area contributed by atoms with Crippen LogP contribution >= 0.6 is 0 Å². The third-order valence-electron chi connectivity index (χ3n) is 3.11. The molecule has 0 amide bonds. The summed E-state index contributed by atoms with van der Waals surface area (Å²) in [5, 5.41) is 0. The normalized spacial score (nSPS) is 13.4. The minimum Gasteiger partial charge on any atom is -0.357 e. The molecule has 0 aliphatic rings. The first kappa shape index (κ1) is 14.0. The standard InChI is InChI=1S/C14H24N2O/c1-11(2)8-12(3)16(5)10-14(17)13-6-7-15(4)9-13/h6-7,9,11-12H,8,10H2,1-5H3. The Morgan fingerprint density at radius 3 is 2.53 bits per heavy atom. The van der Waals surface area contributed by atoms with Gasteiger partial charge in [0, 0.05) is 31.0 Å². The van der Waals surface area contributed by atoms with Crippen molar-refractivity contribution in [2.45, 2.75) is 33.2 Å². The van der Waals surface area contributed by atoms with Gasteiger partial charge in [-0.25, -0.2) is 0 Å². The van der Waals surface area contributed by atoms with E-state index in [1.54, 1.807) is 0 Å². The number of carbonyl (C=O) groups is 1. The van der Waals surface area contributed by atoms with Gasteiger partial charge in [0.25, 0.3) is 0 Å². The van der Waals surface area contributed by atoms with Crippen LogP contribution in [0.1, 0.15) is 37.6 Å². The van der Waals surface area contributed by atoms with Crippen molar-refractivity contribution in [1.82, 2.24) is 9.47 Å². The lowest BCUT2D eigenvalue weighted by Crippen LogP contribution is -2.34. The van der Waals surface area contributed by atoms with Gasteiger partial charge in [-0.3, -0.25) is 9.69 Å².